The summed E-state index contributed by atoms with van der Waals surface area (Å²) in [6.45, 7) is 0.455. The van der Waals surface area contributed by atoms with Crippen LogP contribution in [0.1, 0.15) is 24.8 Å². The molecule has 1 heterocycles. The second kappa shape index (κ2) is 5.32. The van der Waals surface area contributed by atoms with Crippen molar-refractivity contribution in [3.63, 3.8) is 0 Å². The van der Waals surface area contributed by atoms with Gasteiger partial charge in [0.15, 0.2) is 6.29 Å². The molecule has 7 heteroatoms. The molecule has 0 radical (unpaired) electrons. The summed E-state index contributed by atoms with van der Waals surface area (Å²) in [7, 11) is 0. The summed E-state index contributed by atoms with van der Waals surface area (Å²) >= 11 is 0. The Morgan fingerprint density at radius 2 is 1.74 bits per heavy atom. The van der Waals surface area contributed by atoms with Gasteiger partial charge in [-0.25, -0.2) is 8.78 Å². The summed E-state index contributed by atoms with van der Waals surface area (Å²) in [6.07, 6.45) is -3.53. The number of hydrogen-bond acceptors (Lipinski definition) is 2. The highest BCUT2D eigenvalue weighted by Crippen LogP contribution is 2.35. The first-order valence-corrected chi connectivity index (χ1v) is 5.72. The van der Waals surface area contributed by atoms with Gasteiger partial charge in [0.05, 0.1) is 6.61 Å². The summed E-state index contributed by atoms with van der Waals surface area (Å²) in [4.78, 5) is 0. The van der Waals surface area contributed by atoms with Gasteiger partial charge >= 0.3 is 6.18 Å². The smallest absolute Gasteiger partial charge is 0.422 e. The molecule has 0 aromatic heterocycles. The number of hydrogen-bond donors (Lipinski definition) is 0. The van der Waals surface area contributed by atoms with Crippen LogP contribution in [0.15, 0.2) is 12.1 Å². The van der Waals surface area contributed by atoms with Crippen LogP contribution in [0, 0.1) is 11.6 Å². The molecule has 106 valence electrons. The van der Waals surface area contributed by atoms with E-state index in [9.17, 15) is 22.0 Å². The van der Waals surface area contributed by atoms with Crippen LogP contribution in [0.5, 0.6) is 5.75 Å². The lowest BCUT2D eigenvalue weighted by Gasteiger charge is -2.23. The first-order valence-electron chi connectivity index (χ1n) is 5.72. The Kier molecular flexibility index (Phi) is 3.93. The number of halogens is 5. The van der Waals surface area contributed by atoms with Gasteiger partial charge < -0.3 is 9.47 Å². The minimum atomic E-state index is -5.08. The Bertz CT molecular complexity index is 429. The van der Waals surface area contributed by atoms with E-state index < -0.39 is 29.7 Å². The first-order chi connectivity index (χ1) is 8.88. The Morgan fingerprint density at radius 3 is 2.21 bits per heavy atom. The number of rotatable bonds is 2. The molecular weight excluding hydrogens is 271 g/mol. The number of ether oxygens (including phenoxy) is 2. The van der Waals surface area contributed by atoms with Crippen molar-refractivity contribution >= 4 is 0 Å². The molecule has 1 aromatic carbocycles. The molecule has 0 aliphatic carbocycles. The maximum atomic E-state index is 13.3. The average molecular weight is 282 g/mol. The Balaban J connectivity index is 2.19. The lowest BCUT2D eigenvalue weighted by Crippen LogP contribution is -2.25. The molecule has 1 fully saturated rings. The monoisotopic (exact) mass is 282 g/mol. The van der Waals surface area contributed by atoms with Gasteiger partial charge in [0, 0.05) is 18.6 Å². The zero-order valence-electron chi connectivity index (χ0n) is 9.77. The maximum absolute atomic E-state index is 13.3. The summed E-state index contributed by atoms with van der Waals surface area (Å²) in [5, 5.41) is 0. The van der Waals surface area contributed by atoms with E-state index in [4.69, 9.17) is 9.47 Å². The van der Waals surface area contributed by atoms with Crippen LogP contribution in [0.4, 0.5) is 22.0 Å². The third-order valence-electron chi connectivity index (χ3n) is 2.70. The third kappa shape index (κ3) is 3.34. The molecule has 1 unspecified atom stereocenters. The zero-order valence-corrected chi connectivity index (χ0v) is 9.77. The lowest BCUT2D eigenvalue weighted by molar-refractivity contribution is -0.142. The van der Waals surface area contributed by atoms with Gasteiger partial charge in [-0.2, -0.15) is 13.2 Å². The third-order valence-corrected chi connectivity index (χ3v) is 2.70. The molecule has 1 saturated heterocycles. The van der Waals surface area contributed by atoms with E-state index in [0.717, 1.165) is 12.8 Å². The van der Waals surface area contributed by atoms with E-state index >= 15 is 0 Å². The van der Waals surface area contributed by atoms with Crippen molar-refractivity contribution in [1.82, 2.24) is 0 Å². The SMILES string of the molecule is Fc1cc(OC2CCCCO2)cc(F)c1C(F)(F)F. The summed E-state index contributed by atoms with van der Waals surface area (Å²) < 4.78 is 73.9. The molecule has 0 spiro atoms. The summed E-state index contributed by atoms with van der Waals surface area (Å²) in [6, 6.07) is 1.04. The van der Waals surface area contributed by atoms with Crippen molar-refractivity contribution in [2.75, 3.05) is 6.61 Å². The molecule has 1 atom stereocenters. The normalized spacial score (nSPS) is 20.4. The van der Waals surface area contributed by atoms with Crippen LogP contribution in [-0.4, -0.2) is 12.9 Å². The van der Waals surface area contributed by atoms with E-state index in [2.05, 4.69) is 0 Å². The van der Waals surface area contributed by atoms with Crippen molar-refractivity contribution in [1.29, 1.82) is 0 Å². The second-order valence-corrected chi connectivity index (χ2v) is 4.17. The summed E-state index contributed by atoms with van der Waals surface area (Å²) in [5.41, 5.74) is -1.91. The van der Waals surface area contributed by atoms with E-state index in [1.807, 2.05) is 0 Å². The molecule has 1 aliphatic rings. The summed E-state index contributed by atoms with van der Waals surface area (Å²) in [5.74, 6) is -3.70. The predicted octanol–water partition coefficient (Wildman–Crippen LogP) is 3.89. The van der Waals surface area contributed by atoms with Crippen molar-refractivity contribution in [2.24, 2.45) is 0 Å². The van der Waals surface area contributed by atoms with E-state index in [0.29, 0.717) is 25.2 Å². The molecule has 1 aliphatic heterocycles. The van der Waals surface area contributed by atoms with Crippen molar-refractivity contribution in [3.8, 4) is 5.75 Å². The fourth-order valence-corrected chi connectivity index (χ4v) is 1.84. The fourth-order valence-electron chi connectivity index (χ4n) is 1.84. The van der Waals surface area contributed by atoms with Crippen LogP contribution in [0.2, 0.25) is 0 Å². The van der Waals surface area contributed by atoms with E-state index in [-0.39, 0.29) is 5.75 Å². The zero-order chi connectivity index (χ0) is 14.0. The second-order valence-electron chi connectivity index (χ2n) is 4.17. The molecule has 2 nitrogen and oxygen atoms in total. The van der Waals surface area contributed by atoms with Gasteiger partial charge in [-0.1, -0.05) is 0 Å². The maximum Gasteiger partial charge on any atom is 0.422 e. The molecule has 19 heavy (non-hydrogen) atoms. The largest absolute Gasteiger partial charge is 0.465 e. The van der Waals surface area contributed by atoms with Crippen LogP contribution in [-0.2, 0) is 10.9 Å². The Labute approximate surface area is 106 Å². The standard InChI is InChI=1S/C12H11F5O2/c13-8-5-7(19-10-3-1-2-4-18-10)6-9(14)11(8)12(15,16)17/h5-6,10H,1-4H2. The van der Waals surface area contributed by atoms with E-state index in [1.165, 1.54) is 0 Å². The molecule has 0 bridgehead atoms. The Morgan fingerprint density at radius 1 is 1.11 bits per heavy atom. The minimum Gasteiger partial charge on any atom is -0.465 e. The average Bonchev–Trinajstić information content (AvgIpc) is 2.27. The predicted molar refractivity (Wildman–Crippen MR) is 55.6 cm³/mol. The molecule has 1 aromatic rings. The molecule has 2 rings (SSSR count). The number of benzene rings is 1. The Hall–Kier alpha value is -1.37. The van der Waals surface area contributed by atoms with Crippen LogP contribution in [0.3, 0.4) is 0 Å². The molecule has 0 N–H and O–H groups in total. The van der Waals surface area contributed by atoms with Gasteiger partial charge in [0.2, 0.25) is 0 Å². The van der Waals surface area contributed by atoms with Gasteiger partial charge in [-0.3, -0.25) is 0 Å². The van der Waals surface area contributed by atoms with Crippen molar-refractivity contribution < 1.29 is 31.4 Å². The van der Waals surface area contributed by atoms with Gasteiger partial charge in [-0.05, 0) is 12.8 Å². The van der Waals surface area contributed by atoms with Gasteiger partial charge in [0.25, 0.3) is 0 Å². The highest BCUT2D eigenvalue weighted by Gasteiger charge is 2.38. The topological polar surface area (TPSA) is 18.5 Å². The van der Waals surface area contributed by atoms with E-state index in [1.54, 1.807) is 0 Å². The minimum absolute atomic E-state index is 0.310. The molecule has 0 saturated carbocycles. The first kappa shape index (κ1) is 14.0. The number of alkyl halides is 3. The van der Waals surface area contributed by atoms with Crippen LogP contribution in [0.25, 0.3) is 0 Å². The van der Waals surface area contributed by atoms with Crippen LogP contribution >= 0.6 is 0 Å². The van der Waals surface area contributed by atoms with Gasteiger partial charge in [0.1, 0.15) is 22.9 Å². The highest BCUT2D eigenvalue weighted by atomic mass is 19.4. The van der Waals surface area contributed by atoms with Crippen molar-refractivity contribution in [3.05, 3.63) is 29.3 Å². The highest BCUT2D eigenvalue weighted by molar-refractivity contribution is 5.32. The molecule has 0 amide bonds. The lowest BCUT2D eigenvalue weighted by atomic mass is 10.1. The molecular formula is C12H11F5O2. The van der Waals surface area contributed by atoms with Crippen molar-refractivity contribution in [2.45, 2.75) is 31.7 Å². The quantitative estimate of drug-likeness (QED) is 0.766. The fraction of sp³-hybridized carbons (Fsp3) is 0.500. The van der Waals surface area contributed by atoms with Gasteiger partial charge in [-0.15, -0.1) is 0 Å². The van der Waals surface area contributed by atoms with Crippen LogP contribution < -0.4 is 4.74 Å².